The molecule has 1 N–H and O–H groups in total. The van der Waals surface area contributed by atoms with Gasteiger partial charge in [0.15, 0.2) is 0 Å². The van der Waals surface area contributed by atoms with Crippen molar-refractivity contribution in [2.45, 2.75) is 52.1 Å². The molecule has 0 fully saturated rings. The summed E-state index contributed by atoms with van der Waals surface area (Å²) in [6.45, 7) is 4.39. The largest absolute Gasteiger partial charge is 0.354 e. The Morgan fingerprint density at radius 3 is 2.40 bits per heavy atom. The molecule has 0 aromatic heterocycles. The van der Waals surface area contributed by atoms with Crippen LogP contribution >= 0.6 is 11.6 Å². The standard InChI is InChI=1S/C25H33ClFN3O4S/c1-4-5-15-28-25(32)19(2)29(18-20-11-13-22(27)14-12-20)24(31)10-7-16-30(35(3,33)34)23-9-6-8-21(26)17-23/h6,8-9,11-14,17,19H,4-5,7,10,15-16,18H2,1-3H3,(H,28,32)/t19-/m0/s1. The zero-order valence-corrected chi connectivity index (χ0v) is 21.9. The minimum absolute atomic E-state index is 0.0281. The maximum atomic E-state index is 13.3. The maximum Gasteiger partial charge on any atom is 0.242 e. The van der Waals surface area contributed by atoms with Crippen molar-refractivity contribution >= 4 is 39.1 Å². The number of benzene rings is 2. The van der Waals surface area contributed by atoms with E-state index in [4.69, 9.17) is 11.6 Å². The normalized spacial score (nSPS) is 12.1. The van der Waals surface area contributed by atoms with Crippen LogP contribution in [0.5, 0.6) is 0 Å². The number of carbonyl (C=O) groups is 2. The summed E-state index contributed by atoms with van der Waals surface area (Å²) in [7, 11) is -3.60. The topological polar surface area (TPSA) is 86.8 Å². The summed E-state index contributed by atoms with van der Waals surface area (Å²) in [5.74, 6) is -0.962. The van der Waals surface area contributed by atoms with Crippen molar-refractivity contribution in [2.24, 2.45) is 0 Å². The van der Waals surface area contributed by atoms with E-state index in [9.17, 15) is 22.4 Å². The fourth-order valence-electron chi connectivity index (χ4n) is 3.54. The summed E-state index contributed by atoms with van der Waals surface area (Å²) < 4.78 is 39.2. The third kappa shape index (κ3) is 9.14. The average molecular weight is 526 g/mol. The van der Waals surface area contributed by atoms with Crippen LogP contribution in [0.2, 0.25) is 5.02 Å². The minimum atomic E-state index is -3.60. The van der Waals surface area contributed by atoms with E-state index in [1.165, 1.54) is 21.3 Å². The van der Waals surface area contributed by atoms with Gasteiger partial charge in [-0.3, -0.25) is 13.9 Å². The monoisotopic (exact) mass is 525 g/mol. The molecule has 2 rings (SSSR count). The molecule has 0 aliphatic carbocycles. The van der Waals surface area contributed by atoms with Gasteiger partial charge in [0, 0.05) is 31.1 Å². The molecule has 7 nitrogen and oxygen atoms in total. The van der Waals surface area contributed by atoms with E-state index in [0.717, 1.165) is 19.1 Å². The first-order valence-corrected chi connectivity index (χ1v) is 13.8. The molecule has 0 saturated heterocycles. The van der Waals surface area contributed by atoms with Crippen molar-refractivity contribution < 1.29 is 22.4 Å². The molecule has 2 aromatic rings. The van der Waals surface area contributed by atoms with Gasteiger partial charge in [-0.15, -0.1) is 0 Å². The molecule has 0 aliphatic heterocycles. The lowest BCUT2D eigenvalue weighted by molar-refractivity contribution is -0.140. The van der Waals surface area contributed by atoms with Gasteiger partial charge in [0.05, 0.1) is 11.9 Å². The van der Waals surface area contributed by atoms with Crippen molar-refractivity contribution in [2.75, 3.05) is 23.7 Å². The van der Waals surface area contributed by atoms with Crippen LogP contribution < -0.4 is 9.62 Å². The van der Waals surface area contributed by atoms with E-state index in [1.54, 1.807) is 43.3 Å². The van der Waals surface area contributed by atoms with Gasteiger partial charge in [-0.2, -0.15) is 0 Å². The van der Waals surface area contributed by atoms with Crippen LogP contribution in [0, 0.1) is 5.82 Å². The average Bonchev–Trinajstić information content (AvgIpc) is 2.80. The van der Waals surface area contributed by atoms with E-state index in [-0.39, 0.29) is 43.6 Å². The lowest BCUT2D eigenvalue weighted by Crippen LogP contribution is -2.48. The Balaban J connectivity index is 2.13. The number of hydrogen-bond donors (Lipinski definition) is 1. The lowest BCUT2D eigenvalue weighted by Gasteiger charge is -2.29. The van der Waals surface area contributed by atoms with E-state index in [2.05, 4.69) is 5.32 Å². The van der Waals surface area contributed by atoms with Crippen molar-refractivity contribution in [3.8, 4) is 0 Å². The fraction of sp³-hybridized carbons (Fsp3) is 0.440. The van der Waals surface area contributed by atoms with Gasteiger partial charge in [-0.1, -0.05) is 43.1 Å². The second-order valence-electron chi connectivity index (χ2n) is 8.39. The first kappa shape index (κ1) is 28.6. The van der Waals surface area contributed by atoms with E-state index in [0.29, 0.717) is 22.8 Å². The van der Waals surface area contributed by atoms with Crippen LogP contribution in [0.15, 0.2) is 48.5 Å². The molecule has 10 heteroatoms. The predicted octanol–water partition coefficient (Wildman–Crippen LogP) is 4.36. The highest BCUT2D eigenvalue weighted by Crippen LogP contribution is 2.22. The molecule has 192 valence electrons. The molecule has 2 amide bonds. The van der Waals surface area contributed by atoms with Crippen LogP contribution in [0.25, 0.3) is 0 Å². The Kier molecular flexibility index (Phi) is 11.0. The van der Waals surface area contributed by atoms with Crippen LogP contribution in [-0.4, -0.2) is 50.5 Å². The molecular weight excluding hydrogens is 493 g/mol. The fourth-order valence-corrected chi connectivity index (χ4v) is 4.68. The van der Waals surface area contributed by atoms with Crippen LogP contribution in [0.4, 0.5) is 10.1 Å². The second kappa shape index (κ2) is 13.4. The summed E-state index contributed by atoms with van der Waals surface area (Å²) in [6, 6.07) is 11.5. The molecule has 35 heavy (non-hydrogen) atoms. The summed E-state index contributed by atoms with van der Waals surface area (Å²) in [6.07, 6.45) is 3.12. The number of sulfonamides is 1. The smallest absolute Gasteiger partial charge is 0.242 e. The SMILES string of the molecule is CCCCNC(=O)[C@H](C)N(Cc1ccc(F)cc1)C(=O)CCCN(c1cccc(Cl)c1)S(C)(=O)=O. The Hall–Kier alpha value is -2.65. The quantitative estimate of drug-likeness (QED) is 0.394. The molecule has 0 heterocycles. The van der Waals surface area contributed by atoms with Crippen molar-refractivity contribution in [1.29, 1.82) is 0 Å². The van der Waals surface area contributed by atoms with Gasteiger partial charge >= 0.3 is 0 Å². The highest BCUT2D eigenvalue weighted by molar-refractivity contribution is 7.92. The first-order chi connectivity index (χ1) is 16.5. The van der Waals surface area contributed by atoms with E-state index in [1.807, 2.05) is 6.92 Å². The van der Waals surface area contributed by atoms with Crippen molar-refractivity contribution in [3.05, 3.63) is 64.9 Å². The molecule has 0 bridgehead atoms. The van der Waals surface area contributed by atoms with Crippen LogP contribution in [0.3, 0.4) is 0 Å². The van der Waals surface area contributed by atoms with Gasteiger partial charge in [0.1, 0.15) is 11.9 Å². The molecule has 0 radical (unpaired) electrons. The van der Waals surface area contributed by atoms with Gasteiger partial charge < -0.3 is 10.2 Å². The zero-order valence-electron chi connectivity index (χ0n) is 20.3. The van der Waals surface area contributed by atoms with Crippen LogP contribution in [0.1, 0.15) is 45.1 Å². The molecular formula is C25H33ClFN3O4S. The second-order valence-corrected chi connectivity index (χ2v) is 10.7. The van der Waals surface area contributed by atoms with Gasteiger partial charge in [-0.05, 0) is 55.7 Å². The third-order valence-corrected chi connectivity index (χ3v) is 6.94. The Morgan fingerprint density at radius 1 is 1.11 bits per heavy atom. The van der Waals surface area contributed by atoms with Gasteiger partial charge in [-0.25, -0.2) is 12.8 Å². The highest BCUT2D eigenvalue weighted by atomic mass is 35.5. The number of anilines is 1. The summed E-state index contributed by atoms with van der Waals surface area (Å²) in [5.41, 5.74) is 1.10. The zero-order chi connectivity index (χ0) is 26.0. The summed E-state index contributed by atoms with van der Waals surface area (Å²) >= 11 is 6.02. The molecule has 0 aliphatic rings. The first-order valence-electron chi connectivity index (χ1n) is 11.6. The lowest BCUT2D eigenvalue weighted by atomic mass is 10.1. The number of nitrogens with one attached hydrogen (secondary N) is 1. The number of nitrogens with zero attached hydrogens (tertiary/aromatic N) is 2. The third-order valence-electron chi connectivity index (χ3n) is 5.51. The number of carbonyl (C=O) groups excluding carboxylic acids is 2. The van der Waals surface area contributed by atoms with Crippen molar-refractivity contribution in [1.82, 2.24) is 10.2 Å². The van der Waals surface area contributed by atoms with Gasteiger partial charge in [0.25, 0.3) is 0 Å². The Morgan fingerprint density at radius 2 is 1.80 bits per heavy atom. The van der Waals surface area contributed by atoms with E-state index >= 15 is 0 Å². The number of unbranched alkanes of at least 4 members (excludes halogenated alkanes) is 1. The maximum absolute atomic E-state index is 13.3. The Labute approximate surface area is 212 Å². The number of hydrogen-bond acceptors (Lipinski definition) is 4. The predicted molar refractivity (Wildman–Crippen MR) is 137 cm³/mol. The summed E-state index contributed by atoms with van der Waals surface area (Å²) in [4.78, 5) is 27.3. The van der Waals surface area contributed by atoms with Crippen LogP contribution in [-0.2, 0) is 26.2 Å². The van der Waals surface area contributed by atoms with E-state index < -0.39 is 16.1 Å². The molecule has 0 spiro atoms. The Bertz CT molecular complexity index is 1100. The van der Waals surface area contributed by atoms with Gasteiger partial charge in [0.2, 0.25) is 21.8 Å². The summed E-state index contributed by atoms with van der Waals surface area (Å²) in [5, 5.41) is 3.25. The molecule has 0 unspecified atom stereocenters. The number of amides is 2. The molecule has 2 aromatic carbocycles. The number of halogens is 2. The highest BCUT2D eigenvalue weighted by Gasteiger charge is 2.26. The minimum Gasteiger partial charge on any atom is -0.354 e. The molecule has 0 saturated carbocycles. The molecule has 1 atom stereocenters. The number of rotatable bonds is 13. The van der Waals surface area contributed by atoms with Crippen molar-refractivity contribution in [3.63, 3.8) is 0 Å².